The van der Waals surface area contributed by atoms with Crippen LogP contribution >= 0.6 is 10.7 Å². The predicted octanol–water partition coefficient (Wildman–Crippen LogP) is 2.14. The predicted molar refractivity (Wildman–Crippen MR) is 75.3 cm³/mol. The molecule has 8 heteroatoms. The van der Waals surface area contributed by atoms with Crippen LogP contribution in [0, 0.1) is 5.92 Å². The SMILES string of the molecule is CCC1OCCC1c1nnc(S(=O)(=O)Cl)n1CC(C)C. The van der Waals surface area contributed by atoms with Crippen LogP contribution in [-0.4, -0.2) is 35.9 Å². The number of ether oxygens (including phenoxy) is 1. The number of hydrogen-bond acceptors (Lipinski definition) is 5. The molecule has 1 aromatic heterocycles. The van der Waals surface area contributed by atoms with Gasteiger partial charge >= 0.3 is 0 Å². The lowest BCUT2D eigenvalue weighted by Gasteiger charge is -2.18. The fourth-order valence-electron chi connectivity index (χ4n) is 2.64. The van der Waals surface area contributed by atoms with Crippen LogP contribution in [0.15, 0.2) is 5.16 Å². The summed E-state index contributed by atoms with van der Waals surface area (Å²) in [5.74, 6) is 1.02. The van der Waals surface area contributed by atoms with E-state index in [0.29, 0.717) is 19.0 Å². The highest BCUT2D eigenvalue weighted by Gasteiger charge is 2.35. The number of hydrogen-bond donors (Lipinski definition) is 0. The molecule has 0 aliphatic carbocycles. The average Bonchev–Trinajstić information content (AvgIpc) is 2.92. The summed E-state index contributed by atoms with van der Waals surface area (Å²) in [6.07, 6.45) is 1.76. The minimum absolute atomic E-state index is 0.0657. The zero-order valence-electron chi connectivity index (χ0n) is 11.9. The van der Waals surface area contributed by atoms with Gasteiger partial charge in [0.15, 0.2) is 0 Å². The van der Waals surface area contributed by atoms with E-state index in [0.717, 1.165) is 12.8 Å². The molecule has 0 bridgehead atoms. The molecule has 1 aliphatic rings. The van der Waals surface area contributed by atoms with Crippen LogP contribution in [0.25, 0.3) is 0 Å². The molecule has 1 aliphatic heterocycles. The van der Waals surface area contributed by atoms with Gasteiger partial charge in [0.25, 0.3) is 14.2 Å². The summed E-state index contributed by atoms with van der Waals surface area (Å²) in [7, 11) is 1.56. The third kappa shape index (κ3) is 3.15. The molecular weight excluding hydrogens is 302 g/mol. The lowest BCUT2D eigenvalue weighted by atomic mass is 9.98. The quantitative estimate of drug-likeness (QED) is 0.777. The molecule has 2 unspecified atom stereocenters. The van der Waals surface area contributed by atoms with Crippen LogP contribution in [0.4, 0.5) is 0 Å². The zero-order chi connectivity index (χ0) is 14.9. The summed E-state index contributed by atoms with van der Waals surface area (Å²) < 4.78 is 30.5. The molecule has 0 amide bonds. The van der Waals surface area contributed by atoms with Gasteiger partial charge in [-0.15, -0.1) is 10.2 Å². The van der Waals surface area contributed by atoms with E-state index >= 15 is 0 Å². The highest BCUT2D eigenvalue weighted by atomic mass is 35.7. The fourth-order valence-corrected chi connectivity index (χ4v) is 3.55. The van der Waals surface area contributed by atoms with Crippen molar-refractivity contribution in [3.05, 3.63) is 5.82 Å². The van der Waals surface area contributed by atoms with Gasteiger partial charge < -0.3 is 9.30 Å². The topological polar surface area (TPSA) is 74.1 Å². The van der Waals surface area contributed by atoms with Gasteiger partial charge in [-0.05, 0) is 18.8 Å². The summed E-state index contributed by atoms with van der Waals surface area (Å²) in [5, 5.41) is 7.71. The van der Waals surface area contributed by atoms with E-state index in [1.807, 2.05) is 20.8 Å². The lowest BCUT2D eigenvalue weighted by molar-refractivity contribution is 0.0986. The third-order valence-corrected chi connectivity index (χ3v) is 4.61. The van der Waals surface area contributed by atoms with Crippen LogP contribution in [0.5, 0.6) is 0 Å². The Balaban J connectivity index is 2.45. The molecule has 1 fully saturated rings. The maximum absolute atomic E-state index is 11.6. The Morgan fingerprint density at radius 1 is 1.45 bits per heavy atom. The Kier molecular flexibility index (Phi) is 4.71. The Hall–Kier alpha value is -0.660. The normalized spacial score (nSPS) is 23.6. The largest absolute Gasteiger partial charge is 0.377 e. The van der Waals surface area contributed by atoms with Crippen molar-refractivity contribution in [1.29, 1.82) is 0 Å². The maximum atomic E-state index is 11.6. The Morgan fingerprint density at radius 2 is 2.15 bits per heavy atom. The minimum Gasteiger partial charge on any atom is -0.377 e. The molecule has 2 heterocycles. The van der Waals surface area contributed by atoms with Crippen LogP contribution in [-0.2, 0) is 20.3 Å². The number of rotatable bonds is 5. The van der Waals surface area contributed by atoms with Gasteiger partial charge in [-0.25, -0.2) is 8.42 Å². The smallest absolute Gasteiger partial charge is 0.296 e. The summed E-state index contributed by atoms with van der Waals surface area (Å²) in [4.78, 5) is 0. The first-order valence-electron chi connectivity index (χ1n) is 6.84. The summed E-state index contributed by atoms with van der Waals surface area (Å²) in [6.45, 7) is 7.26. The monoisotopic (exact) mass is 321 g/mol. The van der Waals surface area contributed by atoms with Crippen molar-refractivity contribution in [2.75, 3.05) is 6.61 Å². The minimum atomic E-state index is -3.89. The van der Waals surface area contributed by atoms with E-state index in [1.54, 1.807) is 4.57 Å². The Labute approximate surface area is 123 Å². The van der Waals surface area contributed by atoms with E-state index < -0.39 is 9.05 Å². The van der Waals surface area contributed by atoms with E-state index in [9.17, 15) is 8.42 Å². The molecule has 6 nitrogen and oxygen atoms in total. The first-order chi connectivity index (χ1) is 9.34. The van der Waals surface area contributed by atoms with Crippen LogP contribution in [0.2, 0.25) is 0 Å². The van der Waals surface area contributed by atoms with E-state index in [4.69, 9.17) is 15.4 Å². The molecule has 114 valence electrons. The molecule has 0 saturated carbocycles. The summed E-state index contributed by atoms with van der Waals surface area (Å²) in [6, 6.07) is 0. The third-order valence-electron chi connectivity index (χ3n) is 3.45. The van der Waals surface area contributed by atoms with Crippen LogP contribution in [0.1, 0.15) is 45.4 Å². The van der Waals surface area contributed by atoms with E-state index in [-0.39, 0.29) is 23.1 Å². The molecule has 2 rings (SSSR count). The van der Waals surface area contributed by atoms with Crippen molar-refractivity contribution < 1.29 is 13.2 Å². The second-order valence-corrected chi connectivity index (χ2v) is 7.96. The fraction of sp³-hybridized carbons (Fsp3) is 0.833. The number of halogens is 1. The molecule has 20 heavy (non-hydrogen) atoms. The Morgan fingerprint density at radius 3 is 2.70 bits per heavy atom. The van der Waals surface area contributed by atoms with Gasteiger partial charge in [-0.2, -0.15) is 0 Å². The molecule has 0 N–H and O–H groups in total. The summed E-state index contributed by atoms with van der Waals surface area (Å²) >= 11 is 0. The zero-order valence-corrected chi connectivity index (χ0v) is 13.5. The number of nitrogens with zero attached hydrogens (tertiary/aromatic N) is 3. The van der Waals surface area contributed by atoms with Crippen molar-refractivity contribution in [3.8, 4) is 0 Å². The van der Waals surface area contributed by atoms with Crippen molar-refractivity contribution >= 4 is 19.7 Å². The average molecular weight is 322 g/mol. The van der Waals surface area contributed by atoms with Crippen molar-refractivity contribution in [2.45, 2.75) is 57.3 Å². The van der Waals surface area contributed by atoms with Gasteiger partial charge in [0.2, 0.25) is 0 Å². The van der Waals surface area contributed by atoms with Gasteiger partial charge in [0, 0.05) is 29.8 Å². The standard InChI is InChI=1S/C12H20ClN3O3S/c1-4-10-9(5-6-19-10)11-14-15-12(20(13,17)18)16(11)7-8(2)3/h8-10H,4-7H2,1-3H3. The van der Waals surface area contributed by atoms with Crippen molar-refractivity contribution in [2.24, 2.45) is 5.92 Å². The highest BCUT2D eigenvalue weighted by molar-refractivity contribution is 8.13. The maximum Gasteiger partial charge on any atom is 0.296 e. The number of aromatic nitrogens is 3. The summed E-state index contributed by atoms with van der Waals surface area (Å²) in [5.41, 5.74) is 0. The first kappa shape index (κ1) is 15.7. The second-order valence-electron chi connectivity index (χ2n) is 5.50. The molecule has 0 aromatic carbocycles. The molecule has 0 radical (unpaired) electrons. The molecule has 1 aromatic rings. The van der Waals surface area contributed by atoms with Gasteiger partial charge in [0.05, 0.1) is 6.10 Å². The van der Waals surface area contributed by atoms with E-state index in [2.05, 4.69) is 10.2 Å². The van der Waals surface area contributed by atoms with Crippen molar-refractivity contribution in [3.63, 3.8) is 0 Å². The van der Waals surface area contributed by atoms with Gasteiger partial charge in [0.1, 0.15) is 5.82 Å². The first-order valence-corrected chi connectivity index (χ1v) is 9.14. The van der Waals surface area contributed by atoms with Gasteiger partial charge in [-0.1, -0.05) is 20.8 Å². The highest BCUT2D eigenvalue weighted by Crippen LogP contribution is 2.33. The lowest BCUT2D eigenvalue weighted by Crippen LogP contribution is -2.20. The van der Waals surface area contributed by atoms with Gasteiger partial charge in [-0.3, -0.25) is 0 Å². The van der Waals surface area contributed by atoms with E-state index in [1.165, 1.54) is 0 Å². The molecule has 2 atom stereocenters. The molecule has 0 spiro atoms. The Bertz CT molecular complexity index is 571. The van der Waals surface area contributed by atoms with Crippen molar-refractivity contribution in [1.82, 2.24) is 14.8 Å². The molecular formula is C12H20ClN3O3S. The van der Waals surface area contributed by atoms with Crippen LogP contribution in [0.3, 0.4) is 0 Å². The molecule has 1 saturated heterocycles. The second kappa shape index (κ2) is 5.99. The van der Waals surface area contributed by atoms with Crippen LogP contribution < -0.4 is 0 Å².